The quantitative estimate of drug-likeness (QED) is 0.892. The summed E-state index contributed by atoms with van der Waals surface area (Å²) in [5.74, 6) is 0.681. The first-order valence-corrected chi connectivity index (χ1v) is 7.50. The third kappa shape index (κ3) is 2.61. The first-order chi connectivity index (χ1) is 9.75. The molecule has 1 aromatic carbocycles. The number of nitrogens with one attached hydrogen (secondary N) is 1. The molecule has 2 heteroatoms. The molecule has 1 aliphatic carbocycles. The SMILES string of the molecule is CC1CCC(N[C@H](C)c2ccncc2)c2ccccc21. The monoisotopic (exact) mass is 266 g/mol. The van der Waals surface area contributed by atoms with Gasteiger partial charge in [0.15, 0.2) is 0 Å². The molecule has 1 N–H and O–H groups in total. The standard InChI is InChI=1S/C18H22N2/c1-13-7-8-18(17-6-4-3-5-16(13)17)20-14(2)15-9-11-19-12-10-15/h3-6,9-14,18,20H,7-8H2,1-2H3/t13?,14-,18?/m1/s1. The van der Waals surface area contributed by atoms with Crippen LogP contribution in [0.1, 0.15) is 61.4 Å². The normalized spacial score (nSPS) is 23.1. The van der Waals surface area contributed by atoms with Gasteiger partial charge in [-0.05, 0) is 54.5 Å². The molecule has 1 heterocycles. The molecule has 0 amide bonds. The maximum absolute atomic E-state index is 4.09. The van der Waals surface area contributed by atoms with Gasteiger partial charge in [0.25, 0.3) is 0 Å². The maximum atomic E-state index is 4.09. The zero-order valence-electron chi connectivity index (χ0n) is 12.2. The largest absolute Gasteiger partial charge is 0.303 e. The van der Waals surface area contributed by atoms with Crippen molar-refractivity contribution in [3.05, 3.63) is 65.5 Å². The molecular formula is C18H22N2. The number of aromatic nitrogens is 1. The average molecular weight is 266 g/mol. The lowest BCUT2D eigenvalue weighted by Crippen LogP contribution is -2.28. The van der Waals surface area contributed by atoms with Crippen molar-refractivity contribution in [2.45, 2.75) is 44.7 Å². The second kappa shape index (κ2) is 5.76. The molecule has 0 aliphatic heterocycles. The van der Waals surface area contributed by atoms with Crippen molar-refractivity contribution in [2.75, 3.05) is 0 Å². The highest BCUT2D eigenvalue weighted by molar-refractivity contribution is 5.35. The molecule has 1 aromatic heterocycles. The van der Waals surface area contributed by atoms with E-state index in [9.17, 15) is 0 Å². The fourth-order valence-corrected chi connectivity index (χ4v) is 3.23. The Morgan fingerprint density at radius 2 is 1.75 bits per heavy atom. The Bertz CT molecular complexity index is 565. The molecular weight excluding hydrogens is 244 g/mol. The van der Waals surface area contributed by atoms with E-state index in [2.05, 4.69) is 60.5 Å². The van der Waals surface area contributed by atoms with Crippen LogP contribution in [0.15, 0.2) is 48.8 Å². The zero-order valence-corrected chi connectivity index (χ0v) is 12.2. The molecule has 0 saturated heterocycles. The van der Waals surface area contributed by atoms with Crippen LogP contribution in [-0.2, 0) is 0 Å². The fraction of sp³-hybridized carbons (Fsp3) is 0.389. The highest BCUT2D eigenvalue weighted by atomic mass is 14.9. The van der Waals surface area contributed by atoms with Crippen molar-refractivity contribution in [1.29, 1.82) is 0 Å². The van der Waals surface area contributed by atoms with E-state index in [4.69, 9.17) is 0 Å². The number of fused-ring (bicyclic) bond motifs is 1. The van der Waals surface area contributed by atoms with E-state index >= 15 is 0 Å². The molecule has 3 rings (SSSR count). The minimum atomic E-state index is 0.351. The highest BCUT2D eigenvalue weighted by Crippen LogP contribution is 2.38. The van der Waals surface area contributed by atoms with Crippen LogP contribution in [0.4, 0.5) is 0 Å². The summed E-state index contributed by atoms with van der Waals surface area (Å²) in [6.07, 6.45) is 6.21. The average Bonchev–Trinajstić information content (AvgIpc) is 2.51. The summed E-state index contributed by atoms with van der Waals surface area (Å²) in [5, 5.41) is 3.78. The van der Waals surface area contributed by atoms with Gasteiger partial charge in [-0.1, -0.05) is 31.2 Å². The molecule has 1 aliphatic rings. The van der Waals surface area contributed by atoms with Crippen molar-refractivity contribution < 1.29 is 0 Å². The predicted octanol–water partition coefficient (Wildman–Crippen LogP) is 4.37. The van der Waals surface area contributed by atoms with Crippen LogP contribution < -0.4 is 5.32 Å². The number of hydrogen-bond donors (Lipinski definition) is 1. The van der Waals surface area contributed by atoms with Crippen LogP contribution in [0.25, 0.3) is 0 Å². The van der Waals surface area contributed by atoms with Gasteiger partial charge in [0.05, 0.1) is 0 Å². The molecule has 104 valence electrons. The van der Waals surface area contributed by atoms with Crippen LogP contribution in [0, 0.1) is 0 Å². The molecule has 0 fully saturated rings. The van der Waals surface area contributed by atoms with Gasteiger partial charge in [-0.2, -0.15) is 0 Å². The molecule has 3 atom stereocenters. The van der Waals surface area contributed by atoms with Crippen molar-refractivity contribution in [1.82, 2.24) is 10.3 Å². The summed E-state index contributed by atoms with van der Waals surface area (Å²) in [4.78, 5) is 4.09. The van der Waals surface area contributed by atoms with E-state index in [1.807, 2.05) is 12.4 Å². The minimum absolute atomic E-state index is 0.351. The van der Waals surface area contributed by atoms with E-state index < -0.39 is 0 Å². The molecule has 0 saturated carbocycles. The maximum Gasteiger partial charge on any atom is 0.0328 e. The van der Waals surface area contributed by atoms with Crippen LogP contribution in [0.2, 0.25) is 0 Å². The zero-order chi connectivity index (χ0) is 13.9. The Morgan fingerprint density at radius 3 is 2.50 bits per heavy atom. The van der Waals surface area contributed by atoms with Crippen LogP contribution in [0.3, 0.4) is 0 Å². The Hall–Kier alpha value is -1.67. The molecule has 20 heavy (non-hydrogen) atoms. The minimum Gasteiger partial charge on any atom is -0.303 e. The van der Waals surface area contributed by atoms with Gasteiger partial charge < -0.3 is 5.32 Å². The third-order valence-electron chi connectivity index (χ3n) is 4.45. The molecule has 2 unspecified atom stereocenters. The van der Waals surface area contributed by atoms with E-state index in [0.29, 0.717) is 18.0 Å². The number of pyridine rings is 1. The fourth-order valence-electron chi connectivity index (χ4n) is 3.23. The van der Waals surface area contributed by atoms with Crippen LogP contribution >= 0.6 is 0 Å². The van der Waals surface area contributed by atoms with Gasteiger partial charge in [-0.3, -0.25) is 4.98 Å². The van der Waals surface area contributed by atoms with E-state index in [-0.39, 0.29) is 0 Å². The Balaban J connectivity index is 1.81. The first-order valence-electron chi connectivity index (χ1n) is 7.50. The smallest absolute Gasteiger partial charge is 0.0328 e. The van der Waals surface area contributed by atoms with E-state index in [1.165, 1.54) is 29.5 Å². The lowest BCUT2D eigenvalue weighted by Gasteiger charge is -2.32. The summed E-state index contributed by atoms with van der Waals surface area (Å²) >= 11 is 0. The number of hydrogen-bond acceptors (Lipinski definition) is 2. The lowest BCUT2D eigenvalue weighted by molar-refractivity contribution is 0.396. The first kappa shape index (κ1) is 13.3. The Morgan fingerprint density at radius 1 is 1.05 bits per heavy atom. The second-order valence-electron chi connectivity index (χ2n) is 5.83. The van der Waals surface area contributed by atoms with Crippen LogP contribution in [-0.4, -0.2) is 4.98 Å². The van der Waals surface area contributed by atoms with Gasteiger partial charge in [-0.15, -0.1) is 0 Å². The summed E-state index contributed by atoms with van der Waals surface area (Å²) in [6.45, 7) is 4.57. The van der Waals surface area contributed by atoms with Crippen LogP contribution in [0.5, 0.6) is 0 Å². The van der Waals surface area contributed by atoms with Crippen molar-refractivity contribution in [3.8, 4) is 0 Å². The Kier molecular flexibility index (Phi) is 3.83. The molecule has 2 aromatic rings. The highest BCUT2D eigenvalue weighted by Gasteiger charge is 2.25. The Labute approximate surface area is 121 Å². The lowest BCUT2D eigenvalue weighted by atomic mass is 9.81. The number of rotatable bonds is 3. The van der Waals surface area contributed by atoms with E-state index in [1.54, 1.807) is 0 Å². The number of benzene rings is 1. The molecule has 0 radical (unpaired) electrons. The van der Waals surface area contributed by atoms with Gasteiger partial charge in [0.1, 0.15) is 0 Å². The predicted molar refractivity (Wildman–Crippen MR) is 82.6 cm³/mol. The summed E-state index contributed by atoms with van der Waals surface area (Å²) in [7, 11) is 0. The van der Waals surface area contributed by atoms with Gasteiger partial charge >= 0.3 is 0 Å². The summed E-state index contributed by atoms with van der Waals surface area (Å²) < 4.78 is 0. The topological polar surface area (TPSA) is 24.9 Å². The summed E-state index contributed by atoms with van der Waals surface area (Å²) in [5.41, 5.74) is 4.29. The van der Waals surface area contributed by atoms with Crippen molar-refractivity contribution >= 4 is 0 Å². The van der Waals surface area contributed by atoms with Gasteiger partial charge in [-0.25, -0.2) is 0 Å². The van der Waals surface area contributed by atoms with Gasteiger partial charge in [0, 0.05) is 24.5 Å². The van der Waals surface area contributed by atoms with Gasteiger partial charge in [0.2, 0.25) is 0 Å². The molecule has 0 spiro atoms. The second-order valence-corrected chi connectivity index (χ2v) is 5.83. The molecule has 2 nitrogen and oxygen atoms in total. The van der Waals surface area contributed by atoms with E-state index in [0.717, 1.165) is 0 Å². The summed E-state index contributed by atoms with van der Waals surface area (Å²) in [6, 6.07) is 13.9. The number of nitrogens with zero attached hydrogens (tertiary/aromatic N) is 1. The third-order valence-corrected chi connectivity index (χ3v) is 4.45. The van der Waals surface area contributed by atoms with Crippen molar-refractivity contribution in [3.63, 3.8) is 0 Å². The van der Waals surface area contributed by atoms with Crippen molar-refractivity contribution in [2.24, 2.45) is 0 Å². The molecule has 0 bridgehead atoms.